The molecule has 3 aliphatic rings. The van der Waals surface area contributed by atoms with Gasteiger partial charge in [0.1, 0.15) is 11.6 Å². The molecule has 0 unspecified atom stereocenters. The molecule has 0 saturated carbocycles. The average molecular weight is 564 g/mol. The fourth-order valence-electron chi connectivity index (χ4n) is 5.87. The Balaban J connectivity index is 1.53. The maximum absolute atomic E-state index is 12.4. The molecule has 0 spiro atoms. The van der Waals surface area contributed by atoms with E-state index in [1.54, 1.807) is 18.6 Å². The average Bonchev–Trinajstić information content (AvgIpc) is 3.52. The first kappa shape index (κ1) is 28.4. The molecule has 9 nitrogen and oxygen atoms in total. The SMILES string of the molecule is C=C/C(N=S(C)(C)=O)=N\C(=C/C)N1c2nc(Nc3ccc([C@@H]4CCNC4)cc3)ncc2[C@]2(C)COC(C)(C)C[C@H]12. The van der Waals surface area contributed by atoms with Crippen molar-refractivity contribution in [3.05, 3.63) is 66.1 Å². The van der Waals surface area contributed by atoms with Gasteiger partial charge in [-0.15, -0.1) is 0 Å². The minimum Gasteiger partial charge on any atom is -0.374 e. The molecule has 2 fully saturated rings. The lowest BCUT2D eigenvalue weighted by molar-refractivity contribution is -0.0897. The Bertz CT molecular complexity index is 1460. The molecule has 1 aromatic carbocycles. The molecule has 2 N–H and O–H groups in total. The third-order valence-electron chi connectivity index (χ3n) is 8.04. The zero-order chi connectivity index (χ0) is 28.7. The Morgan fingerprint density at radius 3 is 2.65 bits per heavy atom. The van der Waals surface area contributed by atoms with Gasteiger partial charge in [-0.25, -0.2) is 14.2 Å². The Kier molecular flexibility index (Phi) is 7.62. The van der Waals surface area contributed by atoms with Crippen LogP contribution in [0, 0.1) is 0 Å². The van der Waals surface area contributed by atoms with Crippen LogP contribution in [0.1, 0.15) is 57.6 Å². The van der Waals surface area contributed by atoms with Crippen molar-refractivity contribution in [2.75, 3.05) is 42.4 Å². The summed E-state index contributed by atoms with van der Waals surface area (Å²) in [6.07, 6.45) is 10.5. The zero-order valence-corrected chi connectivity index (χ0v) is 25.2. The molecule has 3 atom stereocenters. The number of amidine groups is 1. The highest BCUT2D eigenvalue weighted by Gasteiger charge is 2.55. The number of nitrogens with one attached hydrogen (secondary N) is 2. The van der Waals surface area contributed by atoms with E-state index in [0.29, 0.717) is 30.1 Å². The molecule has 10 heteroatoms. The normalized spacial score (nSPS) is 26.3. The summed E-state index contributed by atoms with van der Waals surface area (Å²) < 4.78 is 23.1. The standard InChI is InChI=1S/C30H41N7O2S/c1-8-25(36-40(6,7)38)34-26(9-2)37-24-16-29(3,4)39-19-30(24,5)23-18-32-28(35-27(23)37)33-22-12-10-20(11-13-22)21-14-15-31-17-21/h8-13,18,21,24,31H,1,14-17,19H2,2-7H3,(H,32,33,35)/b26-9+,34-25+/t21-,24+,30+/m1/s1. The van der Waals surface area contributed by atoms with Gasteiger partial charge >= 0.3 is 0 Å². The first-order valence-corrected chi connectivity index (χ1v) is 16.2. The predicted octanol–water partition coefficient (Wildman–Crippen LogP) is 5.12. The van der Waals surface area contributed by atoms with Crippen LogP contribution in [0.15, 0.2) is 64.4 Å². The lowest BCUT2D eigenvalue weighted by Gasteiger charge is -2.46. The second kappa shape index (κ2) is 10.7. The van der Waals surface area contributed by atoms with Crippen molar-refractivity contribution in [1.82, 2.24) is 15.3 Å². The van der Waals surface area contributed by atoms with Crippen molar-refractivity contribution in [2.24, 2.45) is 9.36 Å². The first-order valence-electron chi connectivity index (χ1n) is 13.9. The smallest absolute Gasteiger partial charge is 0.229 e. The highest BCUT2D eigenvalue weighted by atomic mass is 32.2. The third-order valence-corrected chi connectivity index (χ3v) is 8.66. The van der Waals surface area contributed by atoms with E-state index in [1.165, 1.54) is 12.0 Å². The lowest BCUT2D eigenvalue weighted by atomic mass is 9.73. The van der Waals surface area contributed by atoms with Gasteiger partial charge in [-0.2, -0.15) is 9.35 Å². The van der Waals surface area contributed by atoms with Crippen LogP contribution in [-0.4, -0.2) is 63.9 Å². The van der Waals surface area contributed by atoms with Crippen LogP contribution in [-0.2, 0) is 19.9 Å². The van der Waals surface area contributed by atoms with Crippen molar-refractivity contribution in [2.45, 2.75) is 63.5 Å². The monoisotopic (exact) mass is 563 g/mol. The van der Waals surface area contributed by atoms with Crippen molar-refractivity contribution in [3.63, 3.8) is 0 Å². The van der Waals surface area contributed by atoms with E-state index in [0.717, 1.165) is 36.6 Å². The van der Waals surface area contributed by atoms with Crippen LogP contribution < -0.4 is 15.5 Å². The van der Waals surface area contributed by atoms with Crippen LogP contribution >= 0.6 is 0 Å². The molecule has 1 aromatic heterocycles. The summed E-state index contributed by atoms with van der Waals surface area (Å²) in [6.45, 7) is 14.9. The van der Waals surface area contributed by atoms with Gasteiger partial charge in [0.2, 0.25) is 5.95 Å². The van der Waals surface area contributed by atoms with Gasteiger partial charge in [0.05, 0.1) is 18.2 Å². The number of aromatic nitrogens is 2. The summed E-state index contributed by atoms with van der Waals surface area (Å²) in [4.78, 5) is 16.8. The molecule has 4 heterocycles. The predicted molar refractivity (Wildman–Crippen MR) is 164 cm³/mol. The molecule has 40 heavy (non-hydrogen) atoms. The van der Waals surface area contributed by atoms with Crippen molar-refractivity contribution >= 4 is 33.0 Å². The first-order chi connectivity index (χ1) is 18.9. The molecule has 2 saturated heterocycles. The van der Waals surface area contributed by atoms with Crippen molar-refractivity contribution in [3.8, 4) is 0 Å². The number of anilines is 3. The fraction of sp³-hybridized carbons (Fsp3) is 0.500. The molecule has 214 valence electrons. The second-order valence-corrected chi connectivity index (χ2v) is 14.6. The molecule has 0 bridgehead atoms. The van der Waals surface area contributed by atoms with Crippen molar-refractivity contribution in [1.29, 1.82) is 0 Å². The Morgan fingerprint density at radius 1 is 1.27 bits per heavy atom. The molecular formula is C30H41N7O2S. The number of aliphatic imine (C=N–C) groups is 1. The van der Waals surface area contributed by atoms with E-state index >= 15 is 0 Å². The van der Waals surface area contributed by atoms with Crippen molar-refractivity contribution < 1.29 is 8.95 Å². The quantitative estimate of drug-likeness (QED) is 0.372. The van der Waals surface area contributed by atoms with Gasteiger partial charge in [-0.3, -0.25) is 0 Å². The number of ether oxygens (including phenoxy) is 1. The number of hydrogen-bond acceptors (Lipinski definition) is 8. The third kappa shape index (κ3) is 5.70. The minimum atomic E-state index is -2.41. The maximum atomic E-state index is 12.4. The summed E-state index contributed by atoms with van der Waals surface area (Å²) in [5.74, 6) is 2.87. The molecule has 0 radical (unpaired) electrons. The number of allylic oxidation sites excluding steroid dienone is 1. The summed E-state index contributed by atoms with van der Waals surface area (Å²) in [7, 11) is -2.41. The topological polar surface area (TPSA) is 104 Å². The second-order valence-electron chi connectivity index (χ2n) is 12.0. The van der Waals surface area contributed by atoms with Crippen LogP contribution in [0.2, 0.25) is 0 Å². The number of fused-ring (bicyclic) bond motifs is 3. The number of benzene rings is 1. The Labute approximate surface area is 238 Å². The molecule has 0 amide bonds. The molecular weight excluding hydrogens is 522 g/mol. The largest absolute Gasteiger partial charge is 0.374 e. The van der Waals surface area contributed by atoms with Gasteiger partial charge in [-0.05, 0) is 75.9 Å². The highest BCUT2D eigenvalue weighted by Crippen LogP contribution is 2.52. The van der Waals surface area contributed by atoms with E-state index in [1.807, 2.05) is 19.2 Å². The maximum Gasteiger partial charge on any atom is 0.229 e. The van der Waals surface area contributed by atoms with Gasteiger partial charge in [0.25, 0.3) is 0 Å². The fourth-order valence-corrected chi connectivity index (χ4v) is 6.44. The van der Waals surface area contributed by atoms with Crippen LogP contribution in [0.3, 0.4) is 0 Å². The Hall–Kier alpha value is -3.08. The molecule has 2 aromatic rings. The molecule has 3 aliphatic heterocycles. The van der Waals surface area contributed by atoms with Gasteiger partial charge < -0.3 is 20.3 Å². The summed E-state index contributed by atoms with van der Waals surface area (Å²) in [5, 5.41) is 6.83. The van der Waals surface area contributed by atoms with E-state index in [-0.39, 0.29) is 17.1 Å². The number of rotatable bonds is 6. The Morgan fingerprint density at radius 2 is 2.02 bits per heavy atom. The van der Waals surface area contributed by atoms with Gasteiger partial charge in [-0.1, -0.05) is 25.6 Å². The van der Waals surface area contributed by atoms with E-state index in [2.05, 4.69) is 71.5 Å². The molecule has 5 rings (SSSR count). The lowest BCUT2D eigenvalue weighted by Crippen LogP contribution is -2.55. The van der Waals surface area contributed by atoms with E-state index in [9.17, 15) is 4.21 Å². The van der Waals surface area contributed by atoms with Crippen LogP contribution in [0.25, 0.3) is 0 Å². The van der Waals surface area contributed by atoms with Crippen LogP contribution in [0.5, 0.6) is 0 Å². The summed E-state index contributed by atoms with van der Waals surface area (Å²) in [6, 6.07) is 8.57. The van der Waals surface area contributed by atoms with E-state index in [4.69, 9.17) is 19.7 Å². The number of hydrogen-bond donors (Lipinski definition) is 2. The zero-order valence-electron chi connectivity index (χ0n) is 24.4. The minimum absolute atomic E-state index is 0.0312. The van der Waals surface area contributed by atoms with Gasteiger partial charge in [0, 0.05) is 51.6 Å². The molecule has 0 aliphatic carbocycles. The van der Waals surface area contributed by atoms with Crippen LogP contribution in [0.4, 0.5) is 17.5 Å². The number of nitrogens with zero attached hydrogens (tertiary/aromatic N) is 5. The van der Waals surface area contributed by atoms with E-state index < -0.39 is 9.73 Å². The van der Waals surface area contributed by atoms with Gasteiger partial charge in [0.15, 0.2) is 5.84 Å². The highest BCUT2D eigenvalue weighted by molar-refractivity contribution is 7.92. The summed E-state index contributed by atoms with van der Waals surface area (Å²) >= 11 is 0. The summed E-state index contributed by atoms with van der Waals surface area (Å²) in [5.41, 5.74) is 2.65.